The molecule has 1 nitrogen and oxygen atoms in total. The zero-order valence-electron chi connectivity index (χ0n) is 6.14. The average molecular weight is 147 g/mol. The van der Waals surface area contributed by atoms with Gasteiger partial charge in [0.25, 0.3) is 5.92 Å². The van der Waals surface area contributed by atoms with E-state index < -0.39 is 5.92 Å². The fourth-order valence-corrected chi connectivity index (χ4v) is 0.908. The van der Waals surface area contributed by atoms with Crippen molar-refractivity contribution in [1.29, 1.82) is 0 Å². The summed E-state index contributed by atoms with van der Waals surface area (Å²) in [4.78, 5) is 1.62. The standard InChI is InChI=1S/C7H11F2N/c1-6(2)10-4-3-7(8,9)5-10/h3-4,6H,5H2,1-2H3. The van der Waals surface area contributed by atoms with Crippen LogP contribution in [-0.2, 0) is 0 Å². The molecule has 0 unspecified atom stereocenters. The molecular formula is C7H11F2N. The predicted octanol–water partition coefficient (Wildman–Crippen LogP) is 1.86. The Kier molecular flexibility index (Phi) is 1.67. The summed E-state index contributed by atoms with van der Waals surface area (Å²) in [6, 6.07) is 0.171. The van der Waals surface area contributed by atoms with E-state index in [9.17, 15) is 8.78 Å². The number of hydrogen-bond acceptors (Lipinski definition) is 1. The third-order valence-corrected chi connectivity index (χ3v) is 1.57. The molecule has 0 N–H and O–H groups in total. The fraction of sp³-hybridized carbons (Fsp3) is 0.714. The Morgan fingerprint density at radius 1 is 1.50 bits per heavy atom. The fourth-order valence-electron chi connectivity index (χ4n) is 0.908. The van der Waals surface area contributed by atoms with Crippen molar-refractivity contribution >= 4 is 0 Å². The average Bonchev–Trinajstić information content (AvgIpc) is 2.10. The van der Waals surface area contributed by atoms with Crippen LogP contribution in [0, 0.1) is 0 Å². The summed E-state index contributed by atoms with van der Waals surface area (Å²) in [5.74, 6) is -2.61. The lowest BCUT2D eigenvalue weighted by molar-refractivity contribution is 0.0388. The van der Waals surface area contributed by atoms with E-state index in [-0.39, 0.29) is 12.6 Å². The maximum Gasteiger partial charge on any atom is 0.285 e. The van der Waals surface area contributed by atoms with E-state index in [2.05, 4.69) is 0 Å². The minimum atomic E-state index is -2.61. The van der Waals surface area contributed by atoms with Crippen molar-refractivity contribution in [1.82, 2.24) is 4.90 Å². The lowest BCUT2D eigenvalue weighted by Gasteiger charge is -2.21. The summed E-state index contributed by atoms with van der Waals surface area (Å²) in [6.45, 7) is 3.63. The zero-order chi connectivity index (χ0) is 7.78. The third kappa shape index (κ3) is 1.46. The molecule has 0 aliphatic carbocycles. The number of nitrogens with zero attached hydrogens (tertiary/aromatic N) is 1. The first kappa shape index (κ1) is 7.51. The van der Waals surface area contributed by atoms with E-state index in [1.54, 1.807) is 4.90 Å². The Hall–Kier alpha value is -0.600. The molecule has 0 fully saturated rings. The second-order valence-electron chi connectivity index (χ2n) is 2.84. The monoisotopic (exact) mass is 147 g/mol. The Balaban J connectivity index is 2.54. The molecule has 1 heterocycles. The minimum absolute atomic E-state index is 0.162. The van der Waals surface area contributed by atoms with Crippen LogP contribution in [-0.4, -0.2) is 23.4 Å². The highest BCUT2D eigenvalue weighted by atomic mass is 19.3. The van der Waals surface area contributed by atoms with Crippen LogP contribution in [0.3, 0.4) is 0 Å². The largest absolute Gasteiger partial charge is 0.369 e. The number of alkyl halides is 2. The van der Waals surface area contributed by atoms with Gasteiger partial charge in [-0.15, -0.1) is 0 Å². The van der Waals surface area contributed by atoms with Crippen molar-refractivity contribution in [2.45, 2.75) is 25.8 Å². The Labute approximate surface area is 59.3 Å². The van der Waals surface area contributed by atoms with Gasteiger partial charge < -0.3 is 4.90 Å². The van der Waals surface area contributed by atoms with Gasteiger partial charge >= 0.3 is 0 Å². The van der Waals surface area contributed by atoms with E-state index in [1.165, 1.54) is 6.20 Å². The predicted molar refractivity (Wildman–Crippen MR) is 35.9 cm³/mol. The summed E-state index contributed by atoms with van der Waals surface area (Å²) in [6.07, 6.45) is 2.41. The lowest BCUT2D eigenvalue weighted by Crippen LogP contribution is -2.30. The summed E-state index contributed by atoms with van der Waals surface area (Å²) in [5.41, 5.74) is 0. The van der Waals surface area contributed by atoms with Crippen LogP contribution in [0.2, 0.25) is 0 Å². The lowest BCUT2D eigenvalue weighted by atomic mass is 10.3. The van der Waals surface area contributed by atoms with Crippen LogP contribution < -0.4 is 0 Å². The van der Waals surface area contributed by atoms with Gasteiger partial charge in [-0.2, -0.15) is 8.78 Å². The molecule has 0 atom stereocenters. The van der Waals surface area contributed by atoms with Gasteiger partial charge in [0.05, 0.1) is 6.54 Å². The molecule has 58 valence electrons. The molecule has 0 amide bonds. The van der Waals surface area contributed by atoms with Gasteiger partial charge in [0.2, 0.25) is 0 Å². The Morgan fingerprint density at radius 3 is 2.30 bits per heavy atom. The first-order valence-corrected chi connectivity index (χ1v) is 3.34. The van der Waals surface area contributed by atoms with Crippen LogP contribution in [0.4, 0.5) is 8.78 Å². The molecule has 0 radical (unpaired) electrons. The van der Waals surface area contributed by atoms with Gasteiger partial charge in [-0.25, -0.2) is 0 Å². The van der Waals surface area contributed by atoms with Crippen LogP contribution in [0.15, 0.2) is 12.3 Å². The van der Waals surface area contributed by atoms with Crippen LogP contribution in [0.25, 0.3) is 0 Å². The second-order valence-corrected chi connectivity index (χ2v) is 2.84. The van der Waals surface area contributed by atoms with Crippen LogP contribution in [0.5, 0.6) is 0 Å². The van der Waals surface area contributed by atoms with E-state index in [4.69, 9.17) is 0 Å². The molecular weight excluding hydrogens is 136 g/mol. The maximum atomic E-state index is 12.4. The topological polar surface area (TPSA) is 3.24 Å². The maximum absolute atomic E-state index is 12.4. The Morgan fingerprint density at radius 2 is 2.10 bits per heavy atom. The molecule has 0 aromatic carbocycles. The molecule has 0 bridgehead atoms. The van der Waals surface area contributed by atoms with Gasteiger partial charge in [-0.05, 0) is 13.8 Å². The number of rotatable bonds is 1. The molecule has 0 aromatic rings. The first-order valence-electron chi connectivity index (χ1n) is 3.34. The zero-order valence-corrected chi connectivity index (χ0v) is 6.14. The van der Waals surface area contributed by atoms with E-state index in [0.717, 1.165) is 6.08 Å². The van der Waals surface area contributed by atoms with Crippen LogP contribution >= 0.6 is 0 Å². The Bertz CT molecular complexity index is 152. The summed E-state index contributed by atoms with van der Waals surface area (Å²) in [5, 5.41) is 0. The van der Waals surface area contributed by atoms with Crippen LogP contribution in [0.1, 0.15) is 13.8 Å². The van der Waals surface area contributed by atoms with Gasteiger partial charge in [-0.3, -0.25) is 0 Å². The van der Waals surface area contributed by atoms with Crippen molar-refractivity contribution in [2.24, 2.45) is 0 Å². The second kappa shape index (κ2) is 2.22. The van der Waals surface area contributed by atoms with Crippen molar-refractivity contribution in [3.63, 3.8) is 0 Å². The summed E-state index contributed by atoms with van der Waals surface area (Å²) < 4.78 is 24.9. The van der Waals surface area contributed by atoms with Crippen molar-refractivity contribution in [2.75, 3.05) is 6.54 Å². The van der Waals surface area contributed by atoms with Crippen molar-refractivity contribution in [3.8, 4) is 0 Å². The van der Waals surface area contributed by atoms with Gasteiger partial charge in [-0.1, -0.05) is 0 Å². The van der Waals surface area contributed by atoms with E-state index in [1.807, 2.05) is 13.8 Å². The summed E-state index contributed by atoms with van der Waals surface area (Å²) in [7, 11) is 0. The number of hydrogen-bond donors (Lipinski definition) is 0. The van der Waals surface area contributed by atoms with E-state index >= 15 is 0 Å². The molecule has 1 aliphatic rings. The molecule has 1 aliphatic heterocycles. The quantitative estimate of drug-likeness (QED) is 0.547. The minimum Gasteiger partial charge on any atom is -0.369 e. The highest BCUT2D eigenvalue weighted by Gasteiger charge is 2.33. The SMILES string of the molecule is CC(C)N1C=CC(F)(F)C1. The van der Waals surface area contributed by atoms with E-state index in [0.29, 0.717) is 0 Å². The van der Waals surface area contributed by atoms with Gasteiger partial charge in [0.1, 0.15) is 0 Å². The van der Waals surface area contributed by atoms with Crippen molar-refractivity contribution < 1.29 is 8.78 Å². The first-order chi connectivity index (χ1) is 4.51. The third-order valence-electron chi connectivity index (χ3n) is 1.57. The molecule has 0 spiro atoms. The molecule has 10 heavy (non-hydrogen) atoms. The van der Waals surface area contributed by atoms with Gasteiger partial charge in [0, 0.05) is 18.3 Å². The molecule has 0 saturated carbocycles. The van der Waals surface area contributed by atoms with Gasteiger partial charge in [0.15, 0.2) is 0 Å². The molecule has 0 saturated heterocycles. The van der Waals surface area contributed by atoms with Crippen molar-refractivity contribution in [3.05, 3.63) is 12.3 Å². The molecule has 1 rings (SSSR count). The highest BCUT2D eigenvalue weighted by Crippen LogP contribution is 2.24. The molecule has 3 heteroatoms. The highest BCUT2D eigenvalue weighted by molar-refractivity contribution is 5.04. The normalized spacial score (nSPS) is 22.7. The number of halogens is 2. The smallest absolute Gasteiger partial charge is 0.285 e. The summed E-state index contributed by atoms with van der Waals surface area (Å²) >= 11 is 0. The molecule has 0 aromatic heterocycles.